The third kappa shape index (κ3) is 5.48. The minimum Gasteiger partial charge on any atom is -0.350 e. The third-order valence-corrected chi connectivity index (χ3v) is 6.17. The number of nitrogens with two attached hydrogens (primary N) is 1. The van der Waals surface area contributed by atoms with E-state index in [0.717, 1.165) is 17.0 Å². The molecule has 0 aliphatic carbocycles. The first-order valence-electron chi connectivity index (χ1n) is 8.97. The van der Waals surface area contributed by atoms with Gasteiger partial charge in [-0.1, -0.05) is 48.5 Å². The van der Waals surface area contributed by atoms with Gasteiger partial charge in [-0.05, 0) is 18.2 Å². The zero-order valence-electron chi connectivity index (χ0n) is 16.1. The second-order valence-corrected chi connectivity index (χ2v) is 7.63. The average molecular weight is 485 g/mol. The predicted octanol–water partition coefficient (Wildman–Crippen LogP) is 5.16. The Kier molecular flexibility index (Phi) is 10.7. The first-order chi connectivity index (χ1) is 13.3. The Morgan fingerprint density at radius 3 is 2.40 bits per heavy atom. The standard InChI is InChI=1S/C22H21N3OS.3ClH/c23-13-20-15-27-22(18-9-5-11-24-14-18)25(20)19-10-4-8-17(12-19)21(26)16-6-2-1-3-7-16;;;/h1-12,14,20,22H,13,15,23H2;3*1H. The number of rotatable bonds is 5. The summed E-state index contributed by atoms with van der Waals surface area (Å²) in [5.41, 5.74) is 9.61. The first kappa shape index (κ1) is 26.3. The van der Waals surface area contributed by atoms with Crippen molar-refractivity contribution >= 4 is 60.5 Å². The van der Waals surface area contributed by atoms with Crippen LogP contribution in [0.1, 0.15) is 26.9 Å². The summed E-state index contributed by atoms with van der Waals surface area (Å²) >= 11 is 1.86. The van der Waals surface area contributed by atoms with Crippen LogP contribution in [0.4, 0.5) is 5.69 Å². The summed E-state index contributed by atoms with van der Waals surface area (Å²) in [6.07, 6.45) is 3.69. The minimum absolute atomic E-state index is 0. The average Bonchev–Trinajstić information content (AvgIpc) is 3.19. The lowest BCUT2D eigenvalue weighted by molar-refractivity contribution is 0.103. The summed E-state index contributed by atoms with van der Waals surface area (Å²) in [5.74, 6) is 0.985. The summed E-state index contributed by atoms with van der Waals surface area (Å²) in [6.45, 7) is 0.570. The Balaban J connectivity index is 0.00000150. The predicted molar refractivity (Wildman–Crippen MR) is 133 cm³/mol. The number of thioether (sulfide) groups is 1. The Labute approximate surface area is 199 Å². The van der Waals surface area contributed by atoms with Gasteiger partial charge in [0.25, 0.3) is 0 Å². The van der Waals surface area contributed by atoms with Gasteiger partial charge < -0.3 is 10.6 Å². The quantitative estimate of drug-likeness (QED) is 0.507. The molecule has 160 valence electrons. The Morgan fingerprint density at radius 1 is 1.00 bits per heavy atom. The lowest BCUT2D eigenvalue weighted by Gasteiger charge is -2.31. The third-order valence-electron chi connectivity index (χ3n) is 4.78. The van der Waals surface area contributed by atoms with Gasteiger partial charge in [-0.15, -0.1) is 49.0 Å². The fourth-order valence-electron chi connectivity index (χ4n) is 3.42. The number of pyridine rings is 1. The fraction of sp³-hybridized carbons (Fsp3) is 0.182. The van der Waals surface area contributed by atoms with E-state index in [1.54, 1.807) is 6.20 Å². The molecule has 0 radical (unpaired) electrons. The Hall–Kier alpha value is -1.76. The molecule has 4 nitrogen and oxygen atoms in total. The van der Waals surface area contributed by atoms with E-state index in [4.69, 9.17) is 5.73 Å². The van der Waals surface area contributed by atoms with E-state index in [-0.39, 0.29) is 54.4 Å². The maximum absolute atomic E-state index is 12.9. The van der Waals surface area contributed by atoms with Crippen LogP contribution in [0, 0.1) is 0 Å². The van der Waals surface area contributed by atoms with Gasteiger partial charge in [0.05, 0.1) is 6.04 Å². The van der Waals surface area contributed by atoms with E-state index in [1.165, 1.54) is 0 Å². The van der Waals surface area contributed by atoms with E-state index in [0.29, 0.717) is 17.7 Å². The zero-order chi connectivity index (χ0) is 18.6. The molecule has 3 aromatic rings. The lowest BCUT2D eigenvalue weighted by atomic mass is 10.0. The zero-order valence-corrected chi connectivity index (χ0v) is 19.4. The van der Waals surface area contributed by atoms with Gasteiger partial charge in [0, 0.05) is 47.1 Å². The molecule has 2 unspecified atom stereocenters. The summed E-state index contributed by atoms with van der Waals surface area (Å²) < 4.78 is 0. The fourth-order valence-corrected chi connectivity index (χ4v) is 4.91. The van der Waals surface area contributed by atoms with Crippen molar-refractivity contribution in [3.63, 3.8) is 0 Å². The number of hydrogen-bond donors (Lipinski definition) is 1. The number of ketones is 1. The molecule has 0 bridgehead atoms. The van der Waals surface area contributed by atoms with Crippen LogP contribution in [-0.4, -0.2) is 29.1 Å². The van der Waals surface area contributed by atoms with Crippen molar-refractivity contribution in [2.24, 2.45) is 5.73 Å². The second kappa shape index (κ2) is 12.2. The number of aromatic nitrogens is 1. The molecule has 2 heterocycles. The van der Waals surface area contributed by atoms with Crippen molar-refractivity contribution in [1.82, 2.24) is 4.98 Å². The minimum atomic E-state index is 0. The molecule has 2 atom stereocenters. The van der Waals surface area contributed by atoms with Gasteiger partial charge in [-0.25, -0.2) is 0 Å². The highest BCUT2D eigenvalue weighted by Crippen LogP contribution is 2.43. The topological polar surface area (TPSA) is 59.2 Å². The highest BCUT2D eigenvalue weighted by molar-refractivity contribution is 8.00. The Bertz CT molecular complexity index is 931. The van der Waals surface area contributed by atoms with Crippen LogP contribution >= 0.6 is 49.0 Å². The van der Waals surface area contributed by atoms with Gasteiger partial charge in [0.1, 0.15) is 5.37 Å². The number of anilines is 1. The van der Waals surface area contributed by atoms with Crippen LogP contribution in [-0.2, 0) is 0 Å². The number of halogens is 3. The van der Waals surface area contributed by atoms with E-state index >= 15 is 0 Å². The monoisotopic (exact) mass is 483 g/mol. The summed E-state index contributed by atoms with van der Waals surface area (Å²) in [4.78, 5) is 19.4. The lowest BCUT2D eigenvalue weighted by Crippen LogP contribution is -2.38. The van der Waals surface area contributed by atoms with Crippen molar-refractivity contribution < 1.29 is 4.79 Å². The number of nitrogens with zero attached hydrogens (tertiary/aromatic N) is 2. The SMILES string of the molecule is Cl.Cl.Cl.NCC1CSC(c2cccnc2)N1c1cccc(C(=O)c2ccccc2)c1. The molecule has 1 aliphatic heterocycles. The molecule has 1 saturated heterocycles. The number of hydrogen-bond acceptors (Lipinski definition) is 5. The molecule has 1 aromatic heterocycles. The van der Waals surface area contributed by atoms with Crippen molar-refractivity contribution in [3.8, 4) is 0 Å². The molecular weight excluding hydrogens is 461 g/mol. The highest BCUT2D eigenvalue weighted by Gasteiger charge is 2.34. The van der Waals surface area contributed by atoms with Gasteiger partial charge in [0.2, 0.25) is 0 Å². The van der Waals surface area contributed by atoms with Crippen LogP contribution in [0.2, 0.25) is 0 Å². The molecule has 8 heteroatoms. The second-order valence-electron chi connectivity index (χ2n) is 6.51. The summed E-state index contributed by atoms with van der Waals surface area (Å²) in [6, 6.07) is 21.5. The normalized spacial score (nSPS) is 17.3. The van der Waals surface area contributed by atoms with Crippen LogP contribution in [0.5, 0.6) is 0 Å². The van der Waals surface area contributed by atoms with Crippen LogP contribution in [0.15, 0.2) is 79.1 Å². The van der Waals surface area contributed by atoms with Crippen LogP contribution in [0.3, 0.4) is 0 Å². The molecule has 2 aromatic carbocycles. The molecule has 0 amide bonds. The van der Waals surface area contributed by atoms with E-state index in [9.17, 15) is 4.79 Å². The van der Waals surface area contributed by atoms with Gasteiger partial charge in [0.15, 0.2) is 5.78 Å². The van der Waals surface area contributed by atoms with Crippen molar-refractivity contribution in [2.75, 3.05) is 17.2 Å². The van der Waals surface area contributed by atoms with Gasteiger partial charge >= 0.3 is 0 Å². The van der Waals surface area contributed by atoms with Gasteiger partial charge in [-0.2, -0.15) is 0 Å². The molecule has 1 fully saturated rings. The summed E-state index contributed by atoms with van der Waals surface area (Å²) in [5, 5.41) is 0.148. The van der Waals surface area contributed by atoms with Crippen molar-refractivity contribution in [2.45, 2.75) is 11.4 Å². The molecular formula is C22H24Cl3N3OS. The van der Waals surface area contributed by atoms with Crippen LogP contribution < -0.4 is 10.6 Å². The number of carbonyl (C=O) groups is 1. The number of carbonyl (C=O) groups excluding carboxylic acids is 1. The van der Waals surface area contributed by atoms with Crippen molar-refractivity contribution in [1.29, 1.82) is 0 Å². The van der Waals surface area contributed by atoms with Crippen LogP contribution in [0.25, 0.3) is 0 Å². The first-order valence-corrected chi connectivity index (χ1v) is 10.0. The van der Waals surface area contributed by atoms with Gasteiger partial charge in [-0.3, -0.25) is 9.78 Å². The molecule has 2 N–H and O–H groups in total. The highest BCUT2D eigenvalue weighted by atomic mass is 35.5. The molecule has 1 aliphatic rings. The van der Waals surface area contributed by atoms with E-state index in [2.05, 4.69) is 22.0 Å². The molecule has 30 heavy (non-hydrogen) atoms. The molecule has 0 saturated carbocycles. The maximum atomic E-state index is 12.9. The molecule has 0 spiro atoms. The van der Waals surface area contributed by atoms with E-state index < -0.39 is 0 Å². The smallest absolute Gasteiger partial charge is 0.193 e. The van der Waals surface area contributed by atoms with E-state index in [1.807, 2.05) is 72.6 Å². The summed E-state index contributed by atoms with van der Waals surface area (Å²) in [7, 11) is 0. The van der Waals surface area contributed by atoms with Crippen molar-refractivity contribution in [3.05, 3.63) is 95.8 Å². The number of benzene rings is 2. The molecule has 4 rings (SSSR count). The Morgan fingerprint density at radius 2 is 1.73 bits per heavy atom. The maximum Gasteiger partial charge on any atom is 0.193 e. The largest absolute Gasteiger partial charge is 0.350 e.